The SMILES string of the molecule is CC(OC(C)(C)C)[C@H](N)C(=O)N1CCOCC1. The number of rotatable bonds is 3. The molecule has 1 amide bonds. The molecule has 0 aromatic heterocycles. The zero-order chi connectivity index (χ0) is 13.1. The highest BCUT2D eigenvalue weighted by atomic mass is 16.5. The highest BCUT2D eigenvalue weighted by Crippen LogP contribution is 2.13. The number of morpholine rings is 1. The van der Waals surface area contributed by atoms with Crippen LogP contribution in [0.1, 0.15) is 27.7 Å². The molecule has 1 rings (SSSR count). The number of nitrogens with zero attached hydrogens (tertiary/aromatic N) is 1. The molecule has 1 fully saturated rings. The van der Waals surface area contributed by atoms with Crippen molar-refractivity contribution in [1.82, 2.24) is 4.90 Å². The zero-order valence-electron chi connectivity index (χ0n) is 11.2. The molecule has 5 nitrogen and oxygen atoms in total. The summed E-state index contributed by atoms with van der Waals surface area (Å²) in [5.41, 5.74) is 5.65. The number of hydrogen-bond donors (Lipinski definition) is 1. The van der Waals surface area contributed by atoms with Gasteiger partial charge < -0.3 is 20.1 Å². The molecule has 0 aliphatic carbocycles. The van der Waals surface area contributed by atoms with Gasteiger partial charge in [0.05, 0.1) is 24.9 Å². The first-order valence-corrected chi connectivity index (χ1v) is 6.11. The molecule has 0 aromatic rings. The molecule has 1 saturated heterocycles. The molecule has 0 saturated carbocycles. The third-order valence-corrected chi connectivity index (χ3v) is 2.65. The molecular weight excluding hydrogens is 220 g/mol. The van der Waals surface area contributed by atoms with Gasteiger partial charge in [-0.05, 0) is 27.7 Å². The summed E-state index contributed by atoms with van der Waals surface area (Å²) in [5, 5.41) is 0. The zero-order valence-corrected chi connectivity index (χ0v) is 11.2. The van der Waals surface area contributed by atoms with E-state index in [0.717, 1.165) is 0 Å². The van der Waals surface area contributed by atoms with Gasteiger partial charge in [-0.15, -0.1) is 0 Å². The van der Waals surface area contributed by atoms with Gasteiger partial charge in [0.1, 0.15) is 6.04 Å². The van der Waals surface area contributed by atoms with Crippen molar-refractivity contribution in [2.75, 3.05) is 26.3 Å². The second kappa shape index (κ2) is 5.80. The maximum absolute atomic E-state index is 12.1. The third kappa shape index (κ3) is 4.61. The van der Waals surface area contributed by atoms with Crippen LogP contribution in [0.4, 0.5) is 0 Å². The van der Waals surface area contributed by atoms with E-state index in [1.807, 2.05) is 27.7 Å². The first-order chi connectivity index (χ1) is 7.81. The van der Waals surface area contributed by atoms with E-state index < -0.39 is 6.04 Å². The summed E-state index contributed by atoms with van der Waals surface area (Å²) in [6.07, 6.45) is -0.287. The second-order valence-electron chi connectivity index (χ2n) is 5.40. The van der Waals surface area contributed by atoms with Crippen molar-refractivity contribution in [2.24, 2.45) is 5.73 Å². The molecule has 2 N–H and O–H groups in total. The summed E-state index contributed by atoms with van der Waals surface area (Å²) in [5.74, 6) is -0.0509. The van der Waals surface area contributed by atoms with Crippen molar-refractivity contribution < 1.29 is 14.3 Å². The molecule has 1 unspecified atom stereocenters. The Bertz CT molecular complexity index is 257. The molecule has 1 aliphatic heterocycles. The van der Waals surface area contributed by atoms with Gasteiger partial charge in [-0.1, -0.05) is 0 Å². The summed E-state index contributed by atoms with van der Waals surface area (Å²) in [7, 11) is 0. The Morgan fingerprint density at radius 2 is 1.88 bits per heavy atom. The van der Waals surface area contributed by atoms with Gasteiger partial charge in [0.25, 0.3) is 0 Å². The highest BCUT2D eigenvalue weighted by molar-refractivity contribution is 5.82. The van der Waals surface area contributed by atoms with Gasteiger partial charge in [0.2, 0.25) is 5.91 Å². The Morgan fingerprint density at radius 3 is 2.35 bits per heavy atom. The van der Waals surface area contributed by atoms with Crippen molar-refractivity contribution in [3.8, 4) is 0 Å². The first kappa shape index (κ1) is 14.4. The van der Waals surface area contributed by atoms with E-state index in [4.69, 9.17) is 15.2 Å². The van der Waals surface area contributed by atoms with Gasteiger partial charge in [-0.3, -0.25) is 4.79 Å². The summed E-state index contributed by atoms with van der Waals surface area (Å²) in [6, 6.07) is -0.604. The maximum Gasteiger partial charge on any atom is 0.242 e. The van der Waals surface area contributed by atoms with Crippen LogP contribution < -0.4 is 5.73 Å². The Labute approximate surface area is 103 Å². The number of hydrogen-bond acceptors (Lipinski definition) is 4. The number of amides is 1. The lowest BCUT2D eigenvalue weighted by atomic mass is 10.1. The van der Waals surface area contributed by atoms with E-state index in [-0.39, 0.29) is 17.6 Å². The van der Waals surface area contributed by atoms with Crippen molar-refractivity contribution >= 4 is 5.91 Å². The Morgan fingerprint density at radius 1 is 1.35 bits per heavy atom. The van der Waals surface area contributed by atoms with Gasteiger partial charge in [0, 0.05) is 13.1 Å². The number of nitrogens with two attached hydrogens (primary N) is 1. The lowest BCUT2D eigenvalue weighted by Crippen LogP contribution is -2.54. The van der Waals surface area contributed by atoms with Crippen LogP contribution in [-0.4, -0.2) is 54.9 Å². The minimum Gasteiger partial charge on any atom is -0.378 e. The molecule has 0 radical (unpaired) electrons. The van der Waals surface area contributed by atoms with Crippen LogP contribution in [0.15, 0.2) is 0 Å². The van der Waals surface area contributed by atoms with Gasteiger partial charge in [-0.2, -0.15) is 0 Å². The van der Waals surface area contributed by atoms with Gasteiger partial charge in [-0.25, -0.2) is 0 Å². The Kier molecular flexibility index (Phi) is 4.91. The molecular formula is C12H24N2O3. The standard InChI is InChI=1S/C12H24N2O3/c1-9(17-12(2,3)4)10(13)11(15)14-5-7-16-8-6-14/h9-10H,5-8,13H2,1-4H3/t9?,10-/m0/s1. The summed E-state index contributed by atoms with van der Waals surface area (Å²) < 4.78 is 10.9. The van der Waals surface area contributed by atoms with Crippen LogP contribution in [0.3, 0.4) is 0 Å². The van der Waals surface area contributed by atoms with Crippen LogP contribution in [0.2, 0.25) is 0 Å². The number of carbonyl (C=O) groups excluding carboxylic acids is 1. The average Bonchev–Trinajstić information content (AvgIpc) is 2.26. The third-order valence-electron chi connectivity index (χ3n) is 2.65. The Hall–Kier alpha value is -0.650. The summed E-state index contributed by atoms with van der Waals surface area (Å²) >= 11 is 0. The molecule has 1 heterocycles. The summed E-state index contributed by atoms with van der Waals surface area (Å²) in [6.45, 7) is 10.1. The fourth-order valence-corrected chi connectivity index (χ4v) is 1.83. The fourth-order valence-electron chi connectivity index (χ4n) is 1.83. The lowest BCUT2D eigenvalue weighted by molar-refractivity contribution is -0.143. The van der Waals surface area contributed by atoms with Crippen molar-refractivity contribution in [3.63, 3.8) is 0 Å². The minimum absolute atomic E-state index is 0.0509. The Balaban J connectivity index is 2.50. The van der Waals surface area contributed by atoms with Gasteiger partial charge in [0.15, 0.2) is 0 Å². The molecule has 0 aromatic carbocycles. The molecule has 100 valence electrons. The lowest BCUT2D eigenvalue weighted by Gasteiger charge is -2.33. The molecule has 17 heavy (non-hydrogen) atoms. The van der Waals surface area contributed by atoms with E-state index >= 15 is 0 Å². The molecule has 0 spiro atoms. The predicted molar refractivity (Wildman–Crippen MR) is 65.7 cm³/mol. The van der Waals surface area contributed by atoms with Crippen molar-refractivity contribution in [2.45, 2.75) is 45.4 Å². The van der Waals surface area contributed by atoms with Crippen LogP contribution in [0.25, 0.3) is 0 Å². The largest absolute Gasteiger partial charge is 0.378 e. The molecule has 1 aliphatic rings. The highest BCUT2D eigenvalue weighted by Gasteiger charge is 2.29. The quantitative estimate of drug-likeness (QED) is 0.779. The number of carbonyl (C=O) groups is 1. The fraction of sp³-hybridized carbons (Fsp3) is 0.917. The normalized spacial score (nSPS) is 21.1. The average molecular weight is 244 g/mol. The van der Waals surface area contributed by atoms with E-state index in [9.17, 15) is 4.79 Å². The molecule has 5 heteroatoms. The van der Waals surface area contributed by atoms with E-state index in [1.165, 1.54) is 0 Å². The maximum atomic E-state index is 12.1. The van der Waals surface area contributed by atoms with Crippen LogP contribution in [0.5, 0.6) is 0 Å². The van der Waals surface area contributed by atoms with E-state index in [0.29, 0.717) is 26.3 Å². The number of ether oxygens (including phenoxy) is 2. The minimum atomic E-state index is -0.604. The summed E-state index contributed by atoms with van der Waals surface area (Å²) in [4.78, 5) is 13.8. The monoisotopic (exact) mass is 244 g/mol. The smallest absolute Gasteiger partial charge is 0.242 e. The molecule has 0 bridgehead atoms. The predicted octanol–water partition coefficient (Wildman–Crippen LogP) is 0.376. The topological polar surface area (TPSA) is 64.8 Å². The van der Waals surface area contributed by atoms with E-state index in [2.05, 4.69) is 0 Å². The molecule has 2 atom stereocenters. The van der Waals surface area contributed by atoms with Crippen LogP contribution in [-0.2, 0) is 14.3 Å². The van der Waals surface area contributed by atoms with Crippen molar-refractivity contribution in [3.05, 3.63) is 0 Å². The first-order valence-electron chi connectivity index (χ1n) is 6.11. The van der Waals surface area contributed by atoms with Crippen LogP contribution in [0, 0.1) is 0 Å². The van der Waals surface area contributed by atoms with Crippen molar-refractivity contribution in [1.29, 1.82) is 0 Å². The van der Waals surface area contributed by atoms with Crippen LogP contribution >= 0.6 is 0 Å². The van der Waals surface area contributed by atoms with Gasteiger partial charge >= 0.3 is 0 Å². The second-order valence-corrected chi connectivity index (χ2v) is 5.40. The van der Waals surface area contributed by atoms with E-state index in [1.54, 1.807) is 4.90 Å².